The standard InChI is InChI=1S/C19H21FN2O4/c1-24-17-6-3-13(11-18(17)25-2)19(23)21-16-12-14(4-5-15(16)20)22-7-9-26-10-8-22/h3-6,11-12H,7-10H2,1-2H3,(H,21,23). The van der Waals surface area contributed by atoms with Gasteiger partial charge in [0.1, 0.15) is 5.82 Å². The van der Waals surface area contributed by atoms with Gasteiger partial charge in [0.2, 0.25) is 0 Å². The van der Waals surface area contributed by atoms with Crippen LogP contribution in [-0.4, -0.2) is 46.4 Å². The van der Waals surface area contributed by atoms with Crippen LogP contribution in [0.3, 0.4) is 0 Å². The number of amides is 1. The van der Waals surface area contributed by atoms with Gasteiger partial charge in [0.05, 0.1) is 33.1 Å². The summed E-state index contributed by atoms with van der Waals surface area (Å²) >= 11 is 0. The average molecular weight is 360 g/mol. The highest BCUT2D eigenvalue weighted by Crippen LogP contribution is 2.29. The summed E-state index contributed by atoms with van der Waals surface area (Å²) in [6.07, 6.45) is 0. The van der Waals surface area contributed by atoms with Gasteiger partial charge in [0.15, 0.2) is 11.5 Å². The van der Waals surface area contributed by atoms with Crippen molar-refractivity contribution in [3.8, 4) is 11.5 Å². The topological polar surface area (TPSA) is 60.0 Å². The monoisotopic (exact) mass is 360 g/mol. The number of hydrogen-bond donors (Lipinski definition) is 1. The van der Waals surface area contributed by atoms with Crippen molar-refractivity contribution in [3.63, 3.8) is 0 Å². The number of morpholine rings is 1. The van der Waals surface area contributed by atoms with Crippen molar-refractivity contribution in [2.45, 2.75) is 0 Å². The summed E-state index contributed by atoms with van der Waals surface area (Å²) in [6, 6.07) is 9.48. The van der Waals surface area contributed by atoms with Gasteiger partial charge in [0.25, 0.3) is 5.91 Å². The van der Waals surface area contributed by atoms with Crippen molar-refractivity contribution >= 4 is 17.3 Å². The second-order valence-electron chi connectivity index (χ2n) is 5.79. The van der Waals surface area contributed by atoms with E-state index in [2.05, 4.69) is 10.2 Å². The van der Waals surface area contributed by atoms with E-state index in [1.54, 1.807) is 30.3 Å². The molecule has 0 aromatic heterocycles. The van der Waals surface area contributed by atoms with E-state index in [1.165, 1.54) is 20.3 Å². The Kier molecular flexibility index (Phi) is 5.58. The Morgan fingerprint density at radius 3 is 2.50 bits per heavy atom. The Bertz CT molecular complexity index is 791. The minimum Gasteiger partial charge on any atom is -0.493 e. The van der Waals surface area contributed by atoms with E-state index < -0.39 is 11.7 Å². The molecule has 138 valence electrons. The Labute approximate surface area is 151 Å². The number of ether oxygens (including phenoxy) is 3. The van der Waals surface area contributed by atoms with Crippen LogP contribution in [-0.2, 0) is 4.74 Å². The van der Waals surface area contributed by atoms with Gasteiger partial charge < -0.3 is 24.4 Å². The minimum atomic E-state index is -0.490. The summed E-state index contributed by atoms with van der Waals surface area (Å²) < 4.78 is 29.9. The molecule has 0 spiro atoms. The van der Waals surface area contributed by atoms with E-state index in [1.807, 2.05) is 0 Å². The summed E-state index contributed by atoms with van der Waals surface area (Å²) in [7, 11) is 3.01. The number of carbonyl (C=O) groups is 1. The molecule has 2 aromatic rings. The molecule has 1 N–H and O–H groups in total. The quantitative estimate of drug-likeness (QED) is 0.888. The molecule has 0 atom stereocenters. The Morgan fingerprint density at radius 2 is 1.81 bits per heavy atom. The fourth-order valence-electron chi connectivity index (χ4n) is 2.80. The number of halogens is 1. The molecule has 26 heavy (non-hydrogen) atoms. The van der Waals surface area contributed by atoms with Crippen LogP contribution in [0.25, 0.3) is 0 Å². The molecule has 6 nitrogen and oxygen atoms in total. The molecule has 0 saturated carbocycles. The minimum absolute atomic E-state index is 0.133. The zero-order valence-corrected chi connectivity index (χ0v) is 14.8. The van der Waals surface area contributed by atoms with Gasteiger partial charge >= 0.3 is 0 Å². The highest BCUT2D eigenvalue weighted by atomic mass is 19.1. The van der Waals surface area contributed by atoms with Crippen molar-refractivity contribution in [1.29, 1.82) is 0 Å². The lowest BCUT2D eigenvalue weighted by molar-refractivity contribution is 0.102. The molecule has 3 rings (SSSR count). The number of carbonyl (C=O) groups excluding carboxylic acids is 1. The summed E-state index contributed by atoms with van der Waals surface area (Å²) in [6.45, 7) is 2.72. The van der Waals surface area contributed by atoms with E-state index in [4.69, 9.17) is 14.2 Å². The van der Waals surface area contributed by atoms with Gasteiger partial charge in [0, 0.05) is 24.3 Å². The van der Waals surface area contributed by atoms with Crippen molar-refractivity contribution < 1.29 is 23.4 Å². The van der Waals surface area contributed by atoms with Gasteiger partial charge in [-0.05, 0) is 36.4 Å². The third-order valence-electron chi connectivity index (χ3n) is 4.22. The second-order valence-corrected chi connectivity index (χ2v) is 5.79. The first kappa shape index (κ1) is 18.0. The number of nitrogens with zero attached hydrogens (tertiary/aromatic N) is 1. The van der Waals surface area contributed by atoms with E-state index in [0.29, 0.717) is 30.3 Å². The summed E-state index contributed by atoms with van der Waals surface area (Å²) in [5.41, 5.74) is 1.32. The lowest BCUT2D eigenvalue weighted by atomic mass is 10.1. The number of rotatable bonds is 5. The van der Waals surface area contributed by atoms with Gasteiger partial charge in [-0.2, -0.15) is 0 Å². The second kappa shape index (κ2) is 8.05. The first-order valence-electron chi connectivity index (χ1n) is 8.28. The van der Waals surface area contributed by atoms with Crippen LogP contribution in [0, 0.1) is 5.82 Å². The number of nitrogens with one attached hydrogen (secondary N) is 1. The molecule has 7 heteroatoms. The molecule has 1 aliphatic rings. The van der Waals surface area contributed by atoms with Crippen molar-refractivity contribution in [3.05, 3.63) is 47.8 Å². The molecule has 2 aromatic carbocycles. The van der Waals surface area contributed by atoms with Gasteiger partial charge in [-0.3, -0.25) is 4.79 Å². The molecule has 1 fully saturated rings. The van der Waals surface area contributed by atoms with Crippen molar-refractivity contribution in [1.82, 2.24) is 0 Å². The van der Waals surface area contributed by atoms with E-state index in [-0.39, 0.29) is 5.69 Å². The van der Waals surface area contributed by atoms with Crippen molar-refractivity contribution in [2.24, 2.45) is 0 Å². The molecule has 0 unspecified atom stereocenters. The average Bonchev–Trinajstić information content (AvgIpc) is 2.69. The Balaban J connectivity index is 1.80. The predicted octanol–water partition coefficient (Wildman–Crippen LogP) is 2.93. The maximum atomic E-state index is 14.2. The maximum absolute atomic E-state index is 14.2. The van der Waals surface area contributed by atoms with Crippen LogP contribution in [0.4, 0.5) is 15.8 Å². The molecular weight excluding hydrogens is 339 g/mol. The number of anilines is 2. The number of benzene rings is 2. The van der Waals surface area contributed by atoms with Crippen molar-refractivity contribution in [2.75, 3.05) is 50.7 Å². The normalized spacial score (nSPS) is 14.0. The van der Waals surface area contributed by atoms with Crippen LogP contribution in [0.5, 0.6) is 11.5 Å². The molecule has 0 radical (unpaired) electrons. The number of hydrogen-bond acceptors (Lipinski definition) is 5. The molecule has 0 bridgehead atoms. The van der Waals surface area contributed by atoms with E-state index in [9.17, 15) is 9.18 Å². The van der Waals surface area contributed by atoms with Crippen LogP contribution >= 0.6 is 0 Å². The zero-order chi connectivity index (χ0) is 18.5. The fourth-order valence-corrected chi connectivity index (χ4v) is 2.80. The third kappa shape index (κ3) is 3.88. The highest BCUT2D eigenvalue weighted by molar-refractivity contribution is 6.05. The highest BCUT2D eigenvalue weighted by Gasteiger charge is 2.16. The maximum Gasteiger partial charge on any atom is 0.255 e. The predicted molar refractivity (Wildman–Crippen MR) is 96.9 cm³/mol. The Hall–Kier alpha value is -2.80. The lowest BCUT2D eigenvalue weighted by Gasteiger charge is -2.29. The molecule has 1 amide bonds. The van der Waals surface area contributed by atoms with Crippen LogP contribution in [0.2, 0.25) is 0 Å². The van der Waals surface area contributed by atoms with Crippen LogP contribution in [0.15, 0.2) is 36.4 Å². The van der Waals surface area contributed by atoms with Crippen LogP contribution in [0.1, 0.15) is 10.4 Å². The smallest absolute Gasteiger partial charge is 0.255 e. The van der Waals surface area contributed by atoms with E-state index >= 15 is 0 Å². The fraction of sp³-hybridized carbons (Fsp3) is 0.316. The molecule has 0 aliphatic carbocycles. The van der Waals surface area contributed by atoms with Crippen LogP contribution < -0.4 is 19.7 Å². The number of methoxy groups -OCH3 is 2. The largest absolute Gasteiger partial charge is 0.493 e. The summed E-state index contributed by atoms with van der Waals surface area (Å²) in [4.78, 5) is 14.6. The first-order valence-corrected chi connectivity index (χ1v) is 8.28. The third-order valence-corrected chi connectivity index (χ3v) is 4.22. The Morgan fingerprint density at radius 1 is 1.08 bits per heavy atom. The first-order chi connectivity index (χ1) is 12.6. The van der Waals surface area contributed by atoms with E-state index in [0.717, 1.165) is 18.8 Å². The summed E-state index contributed by atoms with van der Waals surface area (Å²) in [5, 5.41) is 2.63. The molecule has 1 saturated heterocycles. The lowest BCUT2D eigenvalue weighted by Crippen LogP contribution is -2.36. The molecule has 1 aliphatic heterocycles. The summed E-state index contributed by atoms with van der Waals surface area (Å²) in [5.74, 6) is 0.0343. The molecule has 1 heterocycles. The van der Waals surface area contributed by atoms with Gasteiger partial charge in [-0.1, -0.05) is 0 Å². The zero-order valence-electron chi connectivity index (χ0n) is 14.8. The molecular formula is C19H21FN2O4. The van der Waals surface area contributed by atoms with Gasteiger partial charge in [-0.15, -0.1) is 0 Å². The van der Waals surface area contributed by atoms with Gasteiger partial charge in [-0.25, -0.2) is 4.39 Å². The SMILES string of the molecule is COc1ccc(C(=O)Nc2cc(N3CCOCC3)ccc2F)cc1OC.